The van der Waals surface area contributed by atoms with Crippen LogP contribution in [0.1, 0.15) is 37.3 Å². The van der Waals surface area contributed by atoms with E-state index < -0.39 is 28.5 Å². The predicted octanol–water partition coefficient (Wildman–Crippen LogP) is 2.97. The molecular formula is C21H26N2O5S. The van der Waals surface area contributed by atoms with Crippen molar-refractivity contribution in [1.29, 1.82) is 0 Å². The molecule has 0 unspecified atom stereocenters. The highest BCUT2D eigenvalue weighted by Crippen LogP contribution is 2.17. The van der Waals surface area contributed by atoms with Crippen LogP contribution >= 0.6 is 0 Å². The van der Waals surface area contributed by atoms with Crippen LogP contribution in [-0.4, -0.2) is 33.4 Å². The van der Waals surface area contributed by atoms with Crippen molar-refractivity contribution in [1.82, 2.24) is 4.72 Å². The number of hydrogen-bond donors (Lipinski definition) is 2. The Labute approximate surface area is 171 Å². The zero-order chi connectivity index (χ0) is 21.4. The lowest BCUT2D eigenvalue weighted by molar-refractivity contribution is -0.147. The third-order valence-electron chi connectivity index (χ3n) is 4.18. The Morgan fingerprint density at radius 2 is 1.62 bits per heavy atom. The number of benzene rings is 2. The molecule has 8 heteroatoms. The summed E-state index contributed by atoms with van der Waals surface area (Å²) in [6, 6.07) is 13.8. The number of anilines is 1. The molecule has 156 valence electrons. The van der Waals surface area contributed by atoms with Crippen LogP contribution in [-0.2, 0) is 24.3 Å². The number of aryl methyl sites for hydroxylation is 1. The maximum atomic E-state index is 12.1. The van der Waals surface area contributed by atoms with Crippen LogP contribution in [0, 0.1) is 6.92 Å². The quantitative estimate of drug-likeness (QED) is 0.610. The molecule has 2 rings (SSSR count). The lowest BCUT2D eigenvalue weighted by Crippen LogP contribution is -2.28. The van der Waals surface area contributed by atoms with Crippen molar-refractivity contribution in [2.24, 2.45) is 0 Å². The molecule has 1 amide bonds. The Hall–Kier alpha value is -2.71. The normalized spacial score (nSPS) is 11.3. The molecule has 2 aromatic carbocycles. The van der Waals surface area contributed by atoms with E-state index in [1.54, 1.807) is 24.3 Å². The molecule has 0 atom stereocenters. The van der Waals surface area contributed by atoms with Gasteiger partial charge in [0, 0.05) is 12.2 Å². The SMILES string of the molecule is Cc1ccc(S(=O)(=O)NCCC(=O)OCC(=O)Nc2ccc(C(C)C)cc2)cc1. The van der Waals surface area contributed by atoms with Gasteiger partial charge >= 0.3 is 5.97 Å². The Morgan fingerprint density at radius 1 is 1.00 bits per heavy atom. The summed E-state index contributed by atoms with van der Waals surface area (Å²) in [5, 5.41) is 2.64. The molecule has 2 N–H and O–H groups in total. The first kappa shape index (κ1) is 22.6. The second kappa shape index (κ2) is 10.2. The summed E-state index contributed by atoms with van der Waals surface area (Å²) in [6.07, 6.45) is -0.179. The summed E-state index contributed by atoms with van der Waals surface area (Å²) < 4.78 is 31.5. The fourth-order valence-electron chi connectivity index (χ4n) is 2.45. The second-order valence-corrected chi connectivity index (χ2v) is 8.71. The largest absolute Gasteiger partial charge is 0.456 e. The monoisotopic (exact) mass is 418 g/mol. The molecule has 7 nitrogen and oxygen atoms in total. The molecule has 0 aromatic heterocycles. The molecule has 0 heterocycles. The molecule has 0 radical (unpaired) electrons. The van der Waals surface area contributed by atoms with Gasteiger partial charge in [0.15, 0.2) is 6.61 Å². The summed E-state index contributed by atoms with van der Waals surface area (Å²) in [6.45, 7) is 5.46. The highest BCUT2D eigenvalue weighted by Gasteiger charge is 2.15. The maximum absolute atomic E-state index is 12.1. The van der Waals surface area contributed by atoms with E-state index in [4.69, 9.17) is 4.74 Å². The van der Waals surface area contributed by atoms with Crippen molar-refractivity contribution < 1.29 is 22.7 Å². The molecule has 0 fully saturated rings. The first-order valence-corrected chi connectivity index (χ1v) is 10.8. The molecule has 0 spiro atoms. The Kier molecular flexibility index (Phi) is 7.92. The van der Waals surface area contributed by atoms with Crippen molar-refractivity contribution in [3.63, 3.8) is 0 Å². The van der Waals surface area contributed by atoms with Crippen LogP contribution in [0.25, 0.3) is 0 Å². The van der Waals surface area contributed by atoms with Gasteiger partial charge in [0.25, 0.3) is 5.91 Å². The van der Waals surface area contributed by atoms with Gasteiger partial charge in [-0.05, 0) is 42.7 Å². The van der Waals surface area contributed by atoms with Crippen molar-refractivity contribution in [2.45, 2.75) is 38.0 Å². The number of sulfonamides is 1. The first-order valence-electron chi connectivity index (χ1n) is 9.29. The number of amides is 1. The van der Waals surface area contributed by atoms with E-state index in [0.717, 1.165) is 11.1 Å². The number of rotatable bonds is 9. The molecule has 0 aliphatic heterocycles. The number of carbonyl (C=O) groups excluding carboxylic acids is 2. The molecule has 0 aliphatic carbocycles. The molecule has 0 aliphatic rings. The Balaban J connectivity index is 1.72. The topological polar surface area (TPSA) is 102 Å². The van der Waals surface area contributed by atoms with E-state index in [1.165, 1.54) is 12.1 Å². The van der Waals surface area contributed by atoms with Crippen LogP contribution in [0.3, 0.4) is 0 Å². The number of carbonyl (C=O) groups is 2. The molecule has 0 bridgehead atoms. The summed E-state index contributed by atoms with van der Waals surface area (Å²) in [4.78, 5) is 23.8. The molecule has 29 heavy (non-hydrogen) atoms. The van der Waals surface area contributed by atoms with Crippen molar-refractivity contribution in [3.05, 3.63) is 59.7 Å². The van der Waals surface area contributed by atoms with Crippen LogP contribution in [0.5, 0.6) is 0 Å². The lowest BCUT2D eigenvalue weighted by atomic mass is 10.0. The first-order chi connectivity index (χ1) is 13.7. The number of ether oxygens (including phenoxy) is 1. The minimum absolute atomic E-state index is 0.118. The van der Waals surface area contributed by atoms with Gasteiger partial charge in [-0.1, -0.05) is 43.7 Å². The van der Waals surface area contributed by atoms with Crippen molar-refractivity contribution in [3.8, 4) is 0 Å². The summed E-state index contributed by atoms with van der Waals surface area (Å²) in [5.74, 6) is -0.734. The van der Waals surface area contributed by atoms with Crippen LogP contribution < -0.4 is 10.0 Å². The van der Waals surface area contributed by atoms with Gasteiger partial charge in [-0.3, -0.25) is 9.59 Å². The standard InChI is InChI=1S/C21H26N2O5S/c1-15(2)17-6-8-18(9-7-17)23-20(24)14-28-21(25)12-13-22-29(26,27)19-10-4-16(3)5-11-19/h4-11,15,22H,12-14H2,1-3H3,(H,23,24). The predicted molar refractivity (Wildman–Crippen MR) is 111 cm³/mol. The second-order valence-electron chi connectivity index (χ2n) is 6.95. The van der Waals surface area contributed by atoms with E-state index in [0.29, 0.717) is 11.6 Å². The van der Waals surface area contributed by atoms with E-state index in [1.807, 2.05) is 19.1 Å². The zero-order valence-corrected chi connectivity index (χ0v) is 17.6. The summed E-state index contributed by atoms with van der Waals surface area (Å²) in [5.41, 5.74) is 2.71. The van der Waals surface area contributed by atoms with E-state index in [2.05, 4.69) is 23.9 Å². The Morgan fingerprint density at radius 3 is 2.21 bits per heavy atom. The molecule has 0 saturated heterocycles. The minimum Gasteiger partial charge on any atom is -0.456 e. The fourth-order valence-corrected chi connectivity index (χ4v) is 3.49. The Bertz CT molecular complexity index is 936. The van der Waals surface area contributed by atoms with Gasteiger partial charge in [-0.2, -0.15) is 0 Å². The third-order valence-corrected chi connectivity index (χ3v) is 5.65. The van der Waals surface area contributed by atoms with E-state index in [9.17, 15) is 18.0 Å². The summed E-state index contributed by atoms with van der Waals surface area (Å²) in [7, 11) is -3.69. The minimum atomic E-state index is -3.69. The molecule has 0 saturated carbocycles. The highest BCUT2D eigenvalue weighted by molar-refractivity contribution is 7.89. The maximum Gasteiger partial charge on any atom is 0.307 e. The van der Waals surface area contributed by atoms with Gasteiger partial charge in [-0.25, -0.2) is 13.1 Å². The number of nitrogens with one attached hydrogen (secondary N) is 2. The van der Waals surface area contributed by atoms with Gasteiger partial charge in [-0.15, -0.1) is 0 Å². The van der Waals surface area contributed by atoms with Crippen LogP contribution in [0.4, 0.5) is 5.69 Å². The average Bonchev–Trinajstić information content (AvgIpc) is 2.67. The third kappa shape index (κ3) is 7.32. The van der Waals surface area contributed by atoms with Gasteiger partial charge in [0.2, 0.25) is 10.0 Å². The van der Waals surface area contributed by atoms with E-state index in [-0.39, 0.29) is 17.9 Å². The zero-order valence-electron chi connectivity index (χ0n) is 16.8. The average molecular weight is 419 g/mol. The summed E-state index contributed by atoms with van der Waals surface area (Å²) >= 11 is 0. The highest BCUT2D eigenvalue weighted by atomic mass is 32.2. The van der Waals surface area contributed by atoms with Crippen LogP contribution in [0.15, 0.2) is 53.4 Å². The molecule has 2 aromatic rings. The van der Waals surface area contributed by atoms with E-state index >= 15 is 0 Å². The fraction of sp³-hybridized carbons (Fsp3) is 0.333. The molecular weight excluding hydrogens is 392 g/mol. The number of esters is 1. The van der Waals surface area contributed by atoms with Crippen LogP contribution in [0.2, 0.25) is 0 Å². The lowest BCUT2D eigenvalue weighted by Gasteiger charge is -2.09. The smallest absolute Gasteiger partial charge is 0.307 e. The van der Waals surface area contributed by atoms with Gasteiger partial charge in [0.05, 0.1) is 11.3 Å². The van der Waals surface area contributed by atoms with Gasteiger partial charge in [0.1, 0.15) is 0 Å². The van der Waals surface area contributed by atoms with Gasteiger partial charge < -0.3 is 10.1 Å². The van der Waals surface area contributed by atoms with Crippen molar-refractivity contribution >= 4 is 27.6 Å². The van der Waals surface area contributed by atoms with Crippen molar-refractivity contribution in [2.75, 3.05) is 18.5 Å². The number of hydrogen-bond acceptors (Lipinski definition) is 5.